The topological polar surface area (TPSA) is 64.4 Å². The highest BCUT2D eigenvalue weighted by Gasteiger charge is 2.32. The maximum absolute atomic E-state index is 12.7. The van der Waals surface area contributed by atoms with Crippen LogP contribution in [0.25, 0.3) is 0 Å². The van der Waals surface area contributed by atoms with Crippen LogP contribution in [0, 0.1) is 0 Å². The lowest BCUT2D eigenvalue weighted by Crippen LogP contribution is -2.41. The molecule has 0 bridgehead atoms. The Morgan fingerprint density at radius 3 is 2.48 bits per heavy atom. The average molecular weight is 375 g/mol. The van der Waals surface area contributed by atoms with E-state index in [1.54, 1.807) is 21.8 Å². The van der Waals surface area contributed by atoms with Gasteiger partial charge in [0.1, 0.15) is 11.9 Å². The number of hydrogen-bond acceptors (Lipinski definition) is 5. The number of benzene rings is 1. The van der Waals surface area contributed by atoms with E-state index in [1.807, 2.05) is 0 Å². The summed E-state index contributed by atoms with van der Waals surface area (Å²) in [5, 5.41) is 4.12. The fourth-order valence-corrected chi connectivity index (χ4v) is 3.32. The molecule has 1 aliphatic rings. The van der Waals surface area contributed by atoms with Crippen LogP contribution in [0.5, 0.6) is 0 Å². The van der Waals surface area contributed by atoms with Gasteiger partial charge >= 0.3 is 6.18 Å². The Morgan fingerprint density at radius 1 is 1.20 bits per heavy atom. The molecular formula is C15H16F3N3O3S. The zero-order chi connectivity index (χ0) is 18.2. The van der Waals surface area contributed by atoms with Crippen molar-refractivity contribution < 1.29 is 25.8 Å². The molecule has 0 spiro atoms. The van der Waals surface area contributed by atoms with Gasteiger partial charge in [-0.25, -0.2) is 4.68 Å². The highest BCUT2D eigenvalue weighted by molar-refractivity contribution is 7.86. The smallest absolute Gasteiger partial charge is 0.324 e. The first-order chi connectivity index (χ1) is 11.7. The van der Waals surface area contributed by atoms with Gasteiger partial charge in [-0.3, -0.25) is 4.18 Å². The van der Waals surface area contributed by atoms with Crippen LogP contribution in [-0.4, -0.2) is 36.6 Å². The van der Waals surface area contributed by atoms with Gasteiger partial charge in [0.25, 0.3) is 10.1 Å². The molecule has 0 radical (unpaired) electrons. The Hall–Kier alpha value is -2.07. The zero-order valence-corrected chi connectivity index (χ0v) is 14.1. The molecule has 25 heavy (non-hydrogen) atoms. The van der Waals surface area contributed by atoms with Crippen molar-refractivity contribution in [1.82, 2.24) is 9.78 Å². The first-order valence-electron chi connectivity index (χ1n) is 7.57. The molecule has 1 atom stereocenters. The Kier molecular flexibility index (Phi) is 4.50. The molecule has 1 aromatic carbocycles. The summed E-state index contributed by atoms with van der Waals surface area (Å²) in [5.41, 5.74) is -0.250. The highest BCUT2D eigenvalue weighted by Crippen LogP contribution is 2.34. The fraction of sp³-hybridized carbons (Fsp3) is 0.400. The second-order valence-electron chi connectivity index (χ2n) is 5.59. The molecule has 136 valence electrons. The van der Waals surface area contributed by atoms with Gasteiger partial charge in [0, 0.05) is 11.8 Å². The minimum Gasteiger partial charge on any atom is -0.324 e. The number of halogens is 3. The number of alkyl halides is 3. The van der Waals surface area contributed by atoms with Crippen molar-refractivity contribution in [3.05, 3.63) is 42.1 Å². The van der Waals surface area contributed by atoms with Crippen molar-refractivity contribution >= 4 is 21.6 Å². The van der Waals surface area contributed by atoms with Crippen LogP contribution in [0.4, 0.5) is 24.7 Å². The lowest BCUT2D eigenvalue weighted by molar-refractivity contribution is -0.137. The van der Waals surface area contributed by atoms with Gasteiger partial charge in [-0.2, -0.15) is 26.7 Å². The van der Waals surface area contributed by atoms with Gasteiger partial charge in [-0.05, 0) is 31.2 Å². The van der Waals surface area contributed by atoms with Crippen LogP contribution in [0.2, 0.25) is 0 Å². The maximum Gasteiger partial charge on any atom is 0.416 e. The van der Waals surface area contributed by atoms with Crippen molar-refractivity contribution in [2.24, 2.45) is 0 Å². The van der Waals surface area contributed by atoms with Gasteiger partial charge in [-0.15, -0.1) is 0 Å². The van der Waals surface area contributed by atoms with Crippen molar-refractivity contribution in [3.63, 3.8) is 0 Å². The molecule has 0 amide bonds. The number of rotatable bonds is 4. The van der Waals surface area contributed by atoms with E-state index in [-0.39, 0.29) is 18.8 Å². The Balaban J connectivity index is 1.90. The summed E-state index contributed by atoms with van der Waals surface area (Å²) in [7, 11) is -3.65. The Bertz CT molecular complexity index is 847. The first kappa shape index (κ1) is 17.7. The molecule has 1 aromatic heterocycles. The minimum absolute atomic E-state index is 0.157. The van der Waals surface area contributed by atoms with Crippen LogP contribution in [0.3, 0.4) is 0 Å². The SMILES string of the molecule is CCS(=O)(=O)OC1CN(c2ccc(C(F)(F)F)cc2)c2ccnn2C1. The van der Waals surface area contributed by atoms with Crippen molar-refractivity contribution in [1.29, 1.82) is 0 Å². The van der Waals surface area contributed by atoms with E-state index in [2.05, 4.69) is 5.10 Å². The second kappa shape index (κ2) is 6.34. The summed E-state index contributed by atoms with van der Waals surface area (Å²) in [6.07, 6.45) is -3.55. The predicted molar refractivity (Wildman–Crippen MR) is 85.0 cm³/mol. The summed E-state index contributed by atoms with van der Waals surface area (Å²) in [6, 6.07) is 6.38. The van der Waals surface area contributed by atoms with Gasteiger partial charge in [0.15, 0.2) is 0 Å². The number of aromatic nitrogens is 2. The van der Waals surface area contributed by atoms with Crippen LogP contribution in [0.1, 0.15) is 12.5 Å². The van der Waals surface area contributed by atoms with Crippen molar-refractivity contribution in [3.8, 4) is 0 Å². The van der Waals surface area contributed by atoms with Gasteiger partial charge < -0.3 is 4.90 Å². The zero-order valence-electron chi connectivity index (χ0n) is 13.3. The highest BCUT2D eigenvalue weighted by atomic mass is 32.2. The molecule has 0 saturated carbocycles. The van der Waals surface area contributed by atoms with E-state index in [1.165, 1.54) is 19.1 Å². The Labute approximate surface area is 142 Å². The summed E-state index contributed by atoms with van der Waals surface area (Å²) < 4.78 is 68.4. The molecular weight excluding hydrogens is 359 g/mol. The maximum atomic E-state index is 12.7. The summed E-state index contributed by atoms with van der Waals surface area (Å²) in [4.78, 5) is 1.69. The third-order valence-electron chi connectivity index (χ3n) is 3.88. The van der Waals surface area contributed by atoms with E-state index in [4.69, 9.17) is 4.18 Å². The number of anilines is 2. The largest absolute Gasteiger partial charge is 0.416 e. The summed E-state index contributed by atoms with van der Waals surface area (Å²) >= 11 is 0. The number of fused-ring (bicyclic) bond motifs is 1. The standard InChI is InChI=1S/C15H16F3N3O3S/c1-2-25(22,23)24-13-9-20(14-7-8-19-21(14)10-13)12-5-3-11(4-6-12)15(16,17)18/h3-8,13H,2,9-10H2,1H3. The molecule has 2 heterocycles. The molecule has 1 unspecified atom stereocenters. The van der Waals surface area contributed by atoms with E-state index in [0.29, 0.717) is 11.5 Å². The van der Waals surface area contributed by atoms with Crippen molar-refractivity contribution in [2.75, 3.05) is 17.2 Å². The molecule has 0 N–H and O–H groups in total. The minimum atomic E-state index is -4.41. The lowest BCUT2D eigenvalue weighted by Gasteiger charge is -2.34. The van der Waals surface area contributed by atoms with E-state index < -0.39 is 28.0 Å². The molecule has 0 aliphatic carbocycles. The molecule has 1 aliphatic heterocycles. The molecule has 2 aromatic rings. The normalized spacial score (nSPS) is 18.2. The molecule has 0 fully saturated rings. The summed E-state index contributed by atoms with van der Waals surface area (Å²) in [5.74, 6) is 0.504. The van der Waals surface area contributed by atoms with E-state index in [0.717, 1.165) is 12.1 Å². The molecule has 0 saturated heterocycles. The predicted octanol–water partition coefficient (Wildman–Crippen LogP) is 2.79. The van der Waals surface area contributed by atoms with Gasteiger partial charge in [0.2, 0.25) is 0 Å². The number of hydrogen-bond donors (Lipinski definition) is 0. The third kappa shape index (κ3) is 3.79. The average Bonchev–Trinajstić information content (AvgIpc) is 3.01. The molecule has 6 nitrogen and oxygen atoms in total. The molecule has 10 heteroatoms. The fourth-order valence-electron chi connectivity index (χ4n) is 2.65. The van der Waals surface area contributed by atoms with Crippen LogP contribution >= 0.6 is 0 Å². The number of nitrogens with zero attached hydrogens (tertiary/aromatic N) is 3. The van der Waals surface area contributed by atoms with E-state index in [9.17, 15) is 21.6 Å². The third-order valence-corrected chi connectivity index (χ3v) is 5.15. The quantitative estimate of drug-likeness (QED) is 0.769. The van der Waals surface area contributed by atoms with Crippen molar-refractivity contribution in [2.45, 2.75) is 25.7 Å². The Morgan fingerprint density at radius 2 is 1.88 bits per heavy atom. The lowest BCUT2D eigenvalue weighted by atomic mass is 10.1. The first-order valence-corrected chi connectivity index (χ1v) is 9.15. The molecule has 3 rings (SSSR count). The van der Waals surface area contributed by atoms with Gasteiger partial charge in [-0.1, -0.05) is 0 Å². The van der Waals surface area contributed by atoms with Crippen LogP contribution < -0.4 is 4.90 Å². The van der Waals surface area contributed by atoms with E-state index >= 15 is 0 Å². The second-order valence-corrected chi connectivity index (χ2v) is 7.48. The summed E-state index contributed by atoms with van der Waals surface area (Å²) in [6.45, 7) is 1.92. The van der Waals surface area contributed by atoms with Gasteiger partial charge in [0.05, 0.1) is 30.6 Å². The van der Waals surface area contributed by atoms with Crippen LogP contribution in [-0.2, 0) is 27.0 Å². The van der Waals surface area contributed by atoms with Crippen LogP contribution in [0.15, 0.2) is 36.5 Å². The monoisotopic (exact) mass is 375 g/mol.